The van der Waals surface area contributed by atoms with Crippen molar-refractivity contribution in [1.82, 2.24) is 20.5 Å². The number of nitrogens with one attached hydrogen (secondary N) is 2. The van der Waals surface area contributed by atoms with E-state index in [9.17, 15) is 9.59 Å². The maximum atomic E-state index is 13.2. The number of hydrogen-bond acceptors (Lipinski definition) is 6. The van der Waals surface area contributed by atoms with Crippen LogP contribution >= 0.6 is 0 Å². The third-order valence-corrected chi connectivity index (χ3v) is 6.34. The van der Waals surface area contributed by atoms with Crippen molar-refractivity contribution in [3.05, 3.63) is 41.7 Å². The van der Waals surface area contributed by atoms with Crippen molar-refractivity contribution in [3.8, 4) is 22.6 Å². The lowest BCUT2D eigenvalue weighted by atomic mass is 10.00. The van der Waals surface area contributed by atoms with Crippen molar-refractivity contribution in [3.63, 3.8) is 0 Å². The van der Waals surface area contributed by atoms with Gasteiger partial charge in [-0.3, -0.25) is 19.5 Å². The van der Waals surface area contributed by atoms with Gasteiger partial charge >= 0.3 is 0 Å². The first-order valence-electron chi connectivity index (χ1n) is 12.7. The molecule has 2 amide bonds. The van der Waals surface area contributed by atoms with Crippen molar-refractivity contribution < 1.29 is 19.1 Å². The zero-order valence-electron chi connectivity index (χ0n) is 22.4. The summed E-state index contributed by atoms with van der Waals surface area (Å²) >= 11 is 0. The lowest BCUT2D eigenvalue weighted by Crippen LogP contribution is -2.48. The Kier molecular flexibility index (Phi) is 9.70. The highest BCUT2D eigenvalue weighted by Gasteiger charge is 2.24. The molecule has 1 aliphatic heterocycles. The number of rotatable bonds is 7. The summed E-state index contributed by atoms with van der Waals surface area (Å²) in [6.45, 7) is 11.3. The van der Waals surface area contributed by atoms with E-state index in [0.29, 0.717) is 49.0 Å². The second-order valence-electron chi connectivity index (χ2n) is 10.2. The van der Waals surface area contributed by atoms with Crippen LogP contribution in [-0.2, 0) is 11.3 Å². The van der Waals surface area contributed by atoms with Crippen molar-refractivity contribution in [2.75, 3.05) is 33.9 Å². The van der Waals surface area contributed by atoms with Gasteiger partial charge in [0.25, 0.3) is 5.91 Å². The van der Waals surface area contributed by atoms with Crippen LogP contribution < -0.4 is 20.1 Å². The maximum absolute atomic E-state index is 13.2. The summed E-state index contributed by atoms with van der Waals surface area (Å²) in [5.41, 5.74) is 2.99. The first-order chi connectivity index (χ1) is 17.2. The smallest absolute Gasteiger partial charge is 0.253 e. The molecule has 0 saturated heterocycles. The molecule has 196 valence electrons. The van der Waals surface area contributed by atoms with Gasteiger partial charge in [-0.05, 0) is 55.0 Å². The summed E-state index contributed by atoms with van der Waals surface area (Å²) in [6, 6.07) is 5.22. The highest BCUT2D eigenvalue weighted by molar-refractivity contribution is 5.98. The molecular formula is C28H40N4O4. The van der Waals surface area contributed by atoms with Gasteiger partial charge in [-0.2, -0.15) is 0 Å². The number of amides is 2. The average molecular weight is 497 g/mol. The summed E-state index contributed by atoms with van der Waals surface area (Å²) in [6.07, 6.45) is 4.83. The highest BCUT2D eigenvalue weighted by atomic mass is 16.5. The monoisotopic (exact) mass is 496 g/mol. The predicted octanol–water partition coefficient (Wildman–Crippen LogP) is 3.89. The summed E-state index contributed by atoms with van der Waals surface area (Å²) in [4.78, 5) is 32.9. The van der Waals surface area contributed by atoms with Crippen LogP contribution in [0.3, 0.4) is 0 Å². The number of pyridine rings is 1. The van der Waals surface area contributed by atoms with Crippen molar-refractivity contribution in [1.29, 1.82) is 0 Å². The van der Waals surface area contributed by atoms with E-state index in [1.54, 1.807) is 26.5 Å². The lowest BCUT2D eigenvalue weighted by Gasteiger charge is -2.25. The molecule has 0 aliphatic carbocycles. The standard InChI is InChI=1S/C28H40N4O4/c1-18(2)7-9-32-10-8-30-28(34)24(11-19(3)4)31-27(33)22-14-21(15-29-16-22)23-12-20(17-32)13-25(35-5)26(23)36-6/h12-16,18-19,24H,7-11,17H2,1-6H3,(H,30,34)(H,31,33)/t24-/m1/s1. The molecule has 36 heavy (non-hydrogen) atoms. The van der Waals surface area contributed by atoms with Crippen LogP contribution in [0, 0.1) is 11.8 Å². The summed E-state index contributed by atoms with van der Waals surface area (Å²) in [5.74, 6) is 1.53. The molecule has 0 saturated carbocycles. The van der Waals surface area contributed by atoms with Crippen LogP contribution in [0.15, 0.2) is 30.6 Å². The third-order valence-electron chi connectivity index (χ3n) is 6.34. The van der Waals surface area contributed by atoms with Gasteiger partial charge in [-0.15, -0.1) is 0 Å². The molecule has 2 heterocycles. The number of fused-ring (bicyclic) bond motifs is 5. The Hall–Kier alpha value is -3.13. The number of hydrogen-bond donors (Lipinski definition) is 2. The van der Waals surface area contributed by atoms with E-state index in [-0.39, 0.29) is 17.7 Å². The Labute approximate surface area is 214 Å². The SMILES string of the molecule is COc1cc2cc(c1OC)-c1cncc(c1)C(=O)N[C@H](CC(C)C)C(=O)NCCN(CCC(C)C)C2. The van der Waals surface area contributed by atoms with E-state index in [1.165, 1.54) is 6.20 Å². The Morgan fingerprint density at radius 2 is 1.78 bits per heavy atom. The molecule has 2 aromatic rings. The minimum Gasteiger partial charge on any atom is -0.493 e. The first kappa shape index (κ1) is 27.5. The second-order valence-corrected chi connectivity index (χ2v) is 10.2. The van der Waals surface area contributed by atoms with E-state index in [1.807, 2.05) is 19.9 Å². The molecule has 4 bridgehead atoms. The lowest BCUT2D eigenvalue weighted by molar-refractivity contribution is -0.123. The van der Waals surface area contributed by atoms with Crippen molar-refractivity contribution in [2.45, 2.75) is 53.1 Å². The molecule has 8 heteroatoms. The number of aromatic nitrogens is 1. The quantitative estimate of drug-likeness (QED) is 0.604. The number of benzene rings is 1. The van der Waals surface area contributed by atoms with Crippen LogP contribution in [0.5, 0.6) is 11.5 Å². The minimum atomic E-state index is -0.619. The Morgan fingerprint density at radius 3 is 2.44 bits per heavy atom. The van der Waals surface area contributed by atoms with Crippen LogP contribution in [0.25, 0.3) is 11.1 Å². The van der Waals surface area contributed by atoms with Gasteiger partial charge in [0, 0.05) is 43.2 Å². The molecule has 1 atom stereocenters. The zero-order chi connectivity index (χ0) is 26.2. The fourth-order valence-corrected chi connectivity index (χ4v) is 4.41. The van der Waals surface area contributed by atoms with Gasteiger partial charge in [0.2, 0.25) is 5.91 Å². The fourth-order valence-electron chi connectivity index (χ4n) is 4.41. The molecule has 2 N–H and O–H groups in total. The van der Waals surface area contributed by atoms with Crippen LogP contribution in [0.2, 0.25) is 0 Å². The Bertz CT molecular complexity index is 1050. The Morgan fingerprint density at radius 1 is 1.03 bits per heavy atom. The minimum absolute atomic E-state index is 0.163. The van der Waals surface area contributed by atoms with Gasteiger partial charge in [-0.25, -0.2) is 0 Å². The summed E-state index contributed by atoms with van der Waals surface area (Å²) in [5, 5.41) is 5.97. The fraction of sp³-hybridized carbons (Fsp3) is 0.536. The van der Waals surface area contributed by atoms with Gasteiger partial charge in [-0.1, -0.05) is 27.7 Å². The zero-order valence-corrected chi connectivity index (χ0v) is 22.4. The molecule has 0 fully saturated rings. The summed E-state index contributed by atoms with van der Waals surface area (Å²) in [7, 11) is 3.23. The number of carbonyl (C=O) groups is 2. The predicted molar refractivity (Wildman–Crippen MR) is 141 cm³/mol. The molecule has 1 aliphatic rings. The van der Waals surface area contributed by atoms with E-state index < -0.39 is 6.04 Å². The van der Waals surface area contributed by atoms with E-state index >= 15 is 0 Å². The first-order valence-corrected chi connectivity index (χ1v) is 12.7. The Balaban J connectivity index is 2.09. The molecule has 8 nitrogen and oxygen atoms in total. The maximum Gasteiger partial charge on any atom is 0.253 e. The molecule has 1 aromatic carbocycles. The highest BCUT2D eigenvalue weighted by Crippen LogP contribution is 2.39. The van der Waals surface area contributed by atoms with Crippen molar-refractivity contribution >= 4 is 11.8 Å². The van der Waals surface area contributed by atoms with Gasteiger partial charge < -0.3 is 20.1 Å². The number of carbonyl (C=O) groups excluding carboxylic acids is 2. The molecule has 0 radical (unpaired) electrons. The van der Waals surface area contributed by atoms with Crippen molar-refractivity contribution in [2.24, 2.45) is 11.8 Å². The molecular weight excluding hydrogens is 456 g/mol. The second kappa shape index (κ2) is 12.7. The van der Waals surface area contributed by atoms with Crippen LogP contribution in [0.4, 0.5) is 0 Å². The third kappa shape index (κ3) is 7.20. The largest absolute Gasteiger partial charge is 0.493 e. The molecule has 0 unspecified atom stereocenters. The molecule has 3 rings (SSSR count). The van der Waals surface area contributed by atoms with E-state index in [4.69, 9.17) is 9.47 Å². The van der Waals surface area contributed by atoms with E-state index in [2.05, 4.69) is 40.4 Å². The van der Waals surface area contributed by atoms with Crippen LogP contribution in [-0.4, -0.2) is 61.6 Å². The molecule has 1 aromatic heterocycles. The topological polar surface area (TPSA) is 92.8 Å². The van der Waals surface area contributed by atoms with Gasteiger partial charge in [0.15, 0.2) is 11.5 Å². The number of methoxy groups -OCH3 is 2. The molecule has 0 spiro atoms. The van der Waals surface area contributed by atoms with Crippen LogP contribution in [0.1, 0.15) is 56.5 Å². The normalized spacial score (nSPS) is 17.3. The van der Waals surface area contributed by atoms with Gasteiger partial charge in [0.1, 0.15) is 6.04 Å². The number of ether oxygens (including phenoxy) is 2. The van der Waals surface area contributed by atoms with Gasteiger partial charge in [0.05, 0.1) is 19.8 Å². The average Bonchev–Trinajstić information content (AvgIpc) is 2.85. The van der Waals surface area contributed by atoms with E-state index in [0.717, 1.165) is 29.7 Å². The summed E-state index contributed by atoms with van der Waals surface area (Å²) < 4.78 is 11.4. The number of nitrogens with zero attached hydrogens (tertiary/aromatic N) is 2.